The Kier molecular flexibility index (Phi) is 4.79. The lowest BCUT2D eigenvalue weighted by Gasteiger charge is -2.16. The van der Waals surface area contributed by atoms with E-state index in [4.69, 9.17) is 5.11 Å². The minimum Gasteiger partial charge on any atom is -0.394 e. The molecule has 1 aromatic rings. The van der Waals surface area contributed by atoms with E-state index in [-0.39, 0.29) is 12.6 Å². The number of para-hydroxylation sites is 1. The molecular weight excluding hydrogens is 174 g/mol. The quantitative estimate of drug-likeness (QED) is 0.677. The van der Waals surface area contributed by atoms with Gasteiger partial charge < -0.3 is 10.4 Å². The summed E-state index contributed by atoms with van der Waals surface area (Å²) in [6, 6.07) is 10.0. The normalized spacial score (nSPS) is 12.1. The molecular formula is C12H17NO. The van der Waals surface area contributed by atoms with Crippen molar-refractivity contribution in [1.82, 2.24) is 0 Å². The van der Waals surface area contributed by atoms with Crippen molar-refractivity contribution in [3.63, 3.8) is 0 Å². The number of rotatable bonds is 6. The molecule has 2 N–H and O–H groups in total. The Labute approximate surface area is 85.3 Å². The molecule has 0 aliphatic carbocycles. The van der Waals surface area contributed by atoms with E-state index in [0.29, 0.717) is 0 Å². The van der Waals surface area contributed by atoms with Gasteiger partial charge in [0.1, 0.15) is 0 Å². The molecule has 0 spiro atoms. The van der Waals surface area contributed by atoms with Gasteiger partial charge in [0.2, 0.25) is 0 Å². The molecule has 0 saturated carbocycles. The van der Waals surface area contributed by atoms with E-state index in [9.17, 15) is 0 Å². The largest absolute Gasteiger partial charge is 0.394 e. The standard InChI is InChI=1S/C12H17NO/c1-2-3-7-12(10-14)13-11-8-5-4-6-9-11/h2,4-6,8-9,12-14H,1,3,7,10H2. The van der Waals surface area contributed by atoms with Crippen molar-refractivity contribution in [2.45, 2.75) is 18.9 Å². The third-order valence-electron chi connectivity index (χ3n) is 2.08. The van der Waals surface area contributed by atoms with E-state index in [1.807, 2.05) is 36.4 Å². The molecule has 0 saturated heterocycles. The molecule has 2 heteroatoms. The summed E-state index contributed by atoms with van der Waals surface area (Å²) in [5.74, 6) is 0. The van der Waals surface area contributed by atoms with Crippen LogP contribution in [-0.4, -0.2) is 17.8 Å². The molecule has 1 unspecified atom stereocenters. The zero-order valence-corrected chi connectivity index (χ0v) is 8.32. The Morgan fingerprint density at radius 1 is 1.36 bits per heavy atom. The van der Waals surface area contributed by atoms with Crippen molar-refractivity contribution in [3.8, 4) is 0 Å². The van der Waals surface area contributed by atoms with Crippen LogP contribution >= 0.6 is 0 Å². The van der Waals surface area contributed by atoms with E-state index in [2.05, 4.69) is 11.9 Å². The van der Waals surface area contributed by atoms with Crippen LogP contribution in [0.3, 0.4) is 0 Å². The number of anilines is 1. The van der Waals surface area contributed by atoms with Crippen LogP contribution in [-0.2, 0) is 0 Å². The number of nitrogens with one attached hydrogen (secondary N) is 1. The maximum absolute atomic E-state index is 9.12. The predicted molar refractivity (Wildman–Crippen MR) is 60.4 cm³/mol. The molecule has 0 heterocycles. The highest BCUT2D eigenvalue weighted by Crippen LogP contribution is 2.09. The van der Waals surface area contributed by atoms with Gasteiger partial charge in [-0.2, -0.15) is 0 Å². The van der Waals surface area contributed by atoms with Gasteiger partial charge >= 0.3 is 0 Å². The fraction of sp³-hybridized carbons (Fsp3) is 0.333. The first-order valence-corrected chi connectivity index (χ1v) is 4.90. The maximum atomic E-state index is 9.12. The van der Waals surface area contributed by atoms with E-state index >= 15 is 0 Å². The van der Waals surface area contributed by atoms with Crippen molar-refractivity contribution in [2.24, 2.45) is 0 Å². The minimum absolute atomic E-state index is 0.121. The molecule has 0 aliphatic rings. The van der Waals surface area contributed by atoms with Gasteiger partial charge in [-0.25, -0.2) is 0 Å². The number of aliphatic hydroxyl groups is 1. The zero-order valence-electron chi connectivity index (χ0n) is 8.32. The smallest absolute Gasteiger partial charge is 0.0632 e. The fourth-order valence-corrected chi connectivity index (χ4v) is 1.30. The topological polar surface area (TPSA) is 32.3 Å². The first kappa shape index (κ1) is 10.8. The van der Waals surface area contributed by atoms with Gasteiger partial charge in [0.05, 0.1) is 6.61 Å². The van der Waals surface area contributed by atoms with Gasteiger partial charge in [-0.1, -0.05) is 24.3 Å². The molecule has 1 rings (SSSR count). The Balaban J connectivity index is 2.44. The Bertz CT molecular complexity index is 258. The average molecular weight is 191 g/mol. The number of allylic oxidation sites excluding steroid dienone is 1. The summed E-state index contributed by atoms with van der Waals surface area (Å²) >= 11 is 0. The Hall–Kier alpha value is -1.28. The summed E-state index contributed by atoms with van der Waals surface area (Å²) in [5, 5.41) is 12.4. The molecule has 0 radical (unpaired) electrons. The molecule has 0 amide bonds. The molecule has 1 atom stereocenters. The molecule has 0 aromatic heterocycles. The van der Waals surface area contributed by atoms with Crippen LogP contribution in [0.5, 0.6) is 0 Å². The number of hydrogen-bond donors (Lipinski definition) is 2. The van der Waals surface area contributed by atoms with Gasteiger partial charge in [0.15, 0.2) is 0 Å². The van der Waals surface area contributed by atoms with Crippen LogP contribution in [0, 0.1) is 0 Å². The first-order valence-electron chi connectivity index (χ1n) is 4.90. The second kappa shape index (κ2) is 6.22. The lowest BCUT2D eigenvalue weighted by Crippen LogP contribution is -2.23. The van der Waals surface area contributed by atoms with Gasteiger partial charge in [0.25, 0.3) is 0 Å². The SMILES string of the molecule is C=CCCC(CO)Nc1ccccc1. The number of hydrogen-bond acceptors (Lipinski definition) is 2. The van der Waals surface area contributed by atoms with E-state index in [0.717, 1.165) is 18.5 Å². The van der Waals surface area contributed by atoms with Gasteiger partial charge in [-0.15, -0.1) is 6.58 Å². The van der Waals surface area contributed by atoms with Crippen molar-refractivity contribution < 1.29 is 5.11 Å². The molecule has 0 bridgehead atoms. The molecule has 0 aliphatic heterocycles. The summed E-state index contributed by atoms with van der Waals surface area (Å²) < 4.78 is 0. The van der Waals surface area contributed by atoms with E-state index in [1.165, 1.54) is 0 Å². The number of benzene rings is 1. The lowest BCUT2D eigenvalue weighted by atomic mass is 10.1. The van der Waals surface area contributed by atoms with Crippen molar-refractivity contribution in [1.29, 1.82) is 0 Å². The highest BCUT2D eigenvalue weighted by Gasteiger charge is 2.04. The van der Waals surface area contributed by atoms with E-state index in [1.54, 1.807) is 0 Å². The minimum atomic E-state index is 0.121. The predicted octanol–water partition coefficient (Wildman–Crippen LogP) is 2.43. The number of aliphatic hydroxyl groups excluding tert-OH is 1. The van der Waals surface area contributed by atoms with Gasteiger partial charge in [0, 0.05) is 11.7 Å². The second-order valence-corrected chi connectivity index (χ2v) is 3.26. The van der Waals surface area contributed by atoms with Crippen LogP contribution in [0.1, 0.15) is 12.8 Å². The highest BCUT2D eigenvalue weighted by molar-refractivity contribution is 5.43. The Morgan fingerprint density at radius 2 is 2.07 bits per heavy atom. The molecule has 76 valence electrons. The summed E-state index contributed by atoms with van der Waals surface area (Å²) in [4.78, 5) is 0. The maximum Gasteiger partial charge on any atom is 0.0632 e. The fourth-order valence-electron chi connectivity index (χ4n) is 1.30. The van der Waals surface area contributed by atoms with Gasteiger partial charge in [-0.05, 0) is 25.0 Å². The highest BCUT2D eigenvalue weighted by atomic mass is 16.3. The molecule has 2 nitrogen and oxygen atoms in total. The van der Waals surface area contributed by atoms with E-state index < -0.39 is 0 Å². The van der Waals surface area contributed by atoms with Gasteiger partial charge in [-0.3, -0.25) is 0 Å². The molecule has 0 fully saturated rings. The summed E-state index contributed by atoms with van der Waals surface area (Å²) in [6.07, 6.45) is 3.70. The van der Waals surface area contributed by atoms with Crippen LogP contribution in [0.2, 0.25) is 0 Å². The van der Waals surface area contributed by atoms with Crippen LogP contribution in [0.4, 0.5) is 5.69 Å². The zero-order chi connectivity index (χ0) is 10.2. The monoisotopic (exact) mass is 191 g/mol. The third-order valence-corrected chi connectivity index (χ3v) is 2.08. The summed E-state index contributed by atoms with van der Waals surface area (Å²) in [6.45, 7) is 3.82. The van der Waals surface area contributed by atoms with Crippen LogP contribution in [0.15, 0.2) is 43.0 Å². The molecule has 14 heavy (non-hydrogen) atoms. The van der Waals surface area contributed by atoms with Crippen LogP contribution < -0.4 is 5.32 Å². The summed E-state index contributed by atoms with van der Waals surface area (Å²) in [7, 11) is 0. The van der Waals surface area contributed by atoms with Crippen molar-refractivity contribution in [3.05, 3.63) is 43.0 Å². The van der Waals surface area contributed by atoms with Crippen molar-refractivity contribution >= 4 is 5.69 Å². The van der Waals surface area contributed by atoms with Crippen LogP contribution in [0.25, 0.3) is 0 Å². The lowest BCUT2D eigenvalue weighted by molar-refractivity contribution is 0.269. The van der Waals surface area contributed by atoms with Crippen molar-refractivity contribution in [2.75, 3.05) is 11.9 Å². The third kappa shape index (κ3) is 3.62. The average Bonchev–Trinajstić information content (AvgIpc) is 2.25. The first-order chi connectivity index (χ1) is 6.86. The molecule has 1 aromatic carbocycles. The Morgan fingerprint density at radius 3 is 2.64 bits per heavy atom. The summed E-state index contributed by atoms with van der Waals surface area (Å²) in [5.41, 5.74) is 1.05. The second-order valence-electron chi connectivity index (χ2n) is 3.26.